The molecule has 1 atom stereocenters. The number of benzene rings is 1. The number of allylic oxidation sites excluding steroid dienone is 1. The number of fused-ring (bicyclic) bond motifs is 1. The van der Waals surface area contributed by atoms with Crippen LogP contribution < -0.4 is 0 Å². The quantitative estimate of drug-likeness (QED) is 0.666. The molecule has 1 nitrogen and oxygen atoms in total. The summed E-state index contributed by atoms with van der Waals surface area (Å²) < 4.78 is 0. The Bertz CT molecular complexity index is 425. The molecule has 0 aliphatic carbocycles. The Labute approximate surface area is 78.1 Å². The van der Waals surface area contributed by atoms with Crippen molar-refractivity contribution in [2.75, 3.05) is 0 Å². The zero-order valence-electron chi connectivity index (χ0n) is 7.75. The van der Waals surface area contributed by atoms with Crippen LogP contribution in [0, 0.1) is 0 Å². The average Bonchev–Trinajstić information content (AvgIpc) is 2.63. The van der Waals surface area contributed by atoms with Crippen LogP contribution in [0.1, 0.15) is 18.4 Å². The summed E-state index contributed by atoms with van der Waals surface area (Å²) in [4.78, 5) is 3.26. The Balaban J connectivity index is 2.67. The molecule has 0 spiro atoms. The van der Waals surface area contributed by atoms with Crippen LogP contribution >= 0.6 is 0 Å². The molecule has 0 radical (unpaired) electrons. The van der Waals surface area contributed by atoms with Gasteiger partial charge in [0.2, 0.25) is 0 Å². The third-order valence-electron chi connectivity index (χ3n) is 2.46. The van der Waals surface area contributed by atoms with Gasteiger partial charge in [0.25, 0.3) is 0 Å². The van der Waals surface area contributed by atoms with Crippen LogP contribution in [0.15, 0.2) is 43.1 Å². The maximum atomic E-state index is 3.81. The molecule has 13 heavy (non-hydrogen) atoms. The molecule has 0 unspecified atom stereocenters. The molecule has 1 heteroatoms. The maximum Gasteiger partial charge on any atom is 0.0492 e. The van der Waals surface area contributed by atoms with Crippen LogP contribution in [0.4, 0.5) is 0 Å². The summed E-state index contributed by atoms with van der Waals surface area (Å²) in [6.07, 6.45) is 3.94. The number of aromatic amines is 1. The minimum Gasteiger partial charge on any atom is -0.361 e. The Hall–Kier alpha value is -1.50. The lowest BCUT2D eigenvalue weighted by Gasteiger charge is -2.07. The van der Waals surface area contributed by atoms with Gasteiger partial charge in [0.15, 0.2) is 0 Å². The van der Waals surface area contributed by atoms with Crippen LogP contribution in [0.25, 0.3) is 10.9 Å². The molecule has 2 aromatic rings. The van der Waals surface area contributed by atoms with Gasteiger partial charge in [0.05, 0.1) is 0 Å². The molecule has 0 bridgehead atoms. The molecule has 0 fully saturated rings. The lowest BCUT2D eigenvalue weighted by molar-refractivity contribution is 0.979. The molecule has 0 amide bonds. The second-order valence-electron chi connectivity index (χ2n) is 3.31. The monoisotopic (exact) mass is 171 g/mol. The van der Waals surface area contributed by atoms with E-state index in [0.29, 0.717) is 5.92 Å². The highest BCUT2D eigenvalue weighted by molar-refractivity contribution is 5.83. The van der Waals surface area contributed by atoms with Crippen molar-refractivity contribution in [3.05, 3.63) is 48.7 Å². The summed E-state index contributed by atoms with van der Waals surface area (Å²) in [5.74, 6) is 0.405. The molecule has 0 aliphatic heterocycles. The van der Waals surface area contributed by atoms with Crippen molar-refractivity contribution in [1.82, 2.24) is 4.98 Å². The van der Waals surface area contributed by atoms with Crippen molar-refractivity contribution in [2.45, 2.75) is 12.8 Å². The van der Waals surface area contributed by atoms with E-state index in [1.54, 1.807) is 0 Å². The number of para-hydroxylation sites is 1. The maximum absolute atomic E-state index is 3.81. The summed E-state index contributed by atoms with van der Waals surface area (Å²) in [5, 5.41) is 1.27. The first kappa shape index (κ1) is 8.11. The van der Waals surface area contributed by atoms with E-state index in [9.17, 15) is 0 Å². The molecule has 0 aliphatic rings. The van der Waals surface area contributed by atoms with E-state index in [-0.39, 0.29) is 0 Å². The Morgan fingerprint density at radius 1 is 1.38 bits per heavy atom. The molecule has 66 valence electrons. The van der Waals surface area contributed by atoms with Gasteiger partial charge in [0, 0.05) is 17.6 Å². The van der Waals surface area contributed by atoms with Crippen LogP contribution in [-0.2, 0) is 0 Å². The van der Waals surface area contributed by atoms with E-state index in [4.69, 9.17) is 0 Å². The fourth-order valence-corrected chi connectivity index (χ4v) is 1.62. The van der Waals surface area contributed by atoms with Crippen molar-refractivity contribution in [2.24, 2.45) is 0 Å². The highest BCUT2D eigenvalue weighted by Crippen LogP contribution is 2.24. The normalized spacial score (nSPS) is 13.0. The van der Waals surface area contributed by atoms with Gasteiger partial charge in [-0.15, -0.1) is 6.58 Å². The van der Waals surface area contributed by atoms with E-state index in [1.807, 2.05) is 12.3 Å². The standard InChI is InChI=1S/C12H13N/c1-3-9(2)11-6-4-5-10-7-8-13-12(10)11/h3-9,13H,1H2,2H3/t9-/m1/s1. The van der Waals surface area contributed by atoms with Crippen molar-refractivity contribution in [1.29, 1.82) is 0 Å². The lowest BCUT2D eigenvalue weighted by Crippen LogP contribution is -1.89. The summed E-state index contributed by atoms with van der Waals surface area (Å²) in [7, 11) is 0. The van der Waals surface area contributed by atoms with Gasteiger partial charge in [0.1, 0.15) is 0 Å². The van der Waals surface area contributed by atoms with Crippen molar-refractivity contribution in [3.8, 4) is 0 Å². The van der Waals surface area contributed by atoms with Gasteiger partial charge < -0.3 is 4.98 Å². The zero-order chi connectivity index (χ0) is 9.26. The number of H-pyrrole nitrogens is 1. The molecule has 0 saturated heterocycles. The smallest absolute Gasteiger partial charge is 0.0492 e. The third-order valence-corrected chi connectivity index (χ3v) is 2.46. The molecule has 1 N–H and O–H groups in total. The Morgan fingerprint density at radius 3 is 3.00 bits per heavy atom. The second-order valence-corrected chi connectivity index (χ2v) is 3.31. The summed E-state index contributed by atoms with van der Waals surface area (Å²) in [6.45, 7) is 5.97. The number of rotatable bonds is 2. The minimum absolute atomic E-state index is 0.405. The van der Waals surface area contributed by atoms with Crippen molar-refractivity contribution >= 4 is 10.9 Å². The third kappa shape index (κ3) is 1.26. The highest BCUT2D eigenvalue weighted by atomic mass is 14.7. The van der Waals surface area contributed by atoms with E-state index in [0.717, 1.165) is 0 Å². The van der Waals surface area contributed by atoms with Gasteiger partial charge in [-0.3, -0.25) is 0 Å². The average molecular weight is 171 g/mol. The van der Waals surface area contributed by atoms with E-state index >= 15 is 0 Å². The van der Waals surface area contributed by atoms with Gasteiger partial charge in [-0.25, -0.2) is 0 Å². The largest absolute Gasteiger partial charge is 0.361 e. The Kier molecular flexibility index (Phi) is 1.93. The zero-order valence-corrected chi connectivity index (χ0v) is 7.75. The molecular formula is C12H13N. The first-order chi connectivity index (χ1) is 6.33. The van der Waals surface area contributed by atoms with Crippen LogP contribution in [0.2, 0.25) is 0 Å². The van der Waals surface area contributed by atoms with E-state index in [2.05, 4.69) is 42.8 Å². The summed E-state index contributed by atoms with van der Waals surface area (Å²) in [6, 6.07) is 8.44. The molecule has 0 saturated carbocycles. The highest BCUT2D eigenvalue weighted by Gasteiger charge is 2.05. The van der Waals surface area contributed by atoms with Gasteiger partial charge in [-0.2, -0.15) is 0 Å². The molecule has 1 aromatic carbocycles. The molecule has 1 heterocycles. The van der Waals surface area contributed by atoms with Gasteiger partial charge in [-0.05, 0) is 17.0 Å². The predicted molar refractivity (Wildman–Crippen MR) is 56.9 cm³/mol. The number of hydrogen-bond donors (Lipinski definition) is 1. The summed E-state index contributed by atoms with van der Waals surface area (Å²) in [5.41, 5.74) is 2.55. The summed E-state index contributed by atoms with van der Waals surface area (Å²) >= 11 is 0. The first-order valence-corrected chi connectivity index (χ1v) is 4.51. The predicted octanol–water partition coefficient (Wildman–Crippen LogP) is 3.46. The number of hydrogen-bond acceptors (Lipinski definition) is 0. The first-order valence-electron chi connectivity index (χ1n) is 4.51. The van der Waals surface area contributed by atoms with Crippen LogP contribution in [0.3, 0.4) is 0 Å². The second kappa shape index (κ2) is 3.09. The van der Waals surface area contributed by atoms with E-state index < -0.39 is 0 Å². The van der Waals surface area contributed by atoms with Gasteiger partial charge >= 0.3 is 0 Å². The Morgan fingerprint density at radius 2 is 2.23 bits per heavy atom. The molecule has 2 rings (SSSR count). The SMILES string of the molecule is C=C[C@@H](C)c1cccc2cc[nH]c12. The minimum atomic E-state index is 0.405. The van der Waals surface area contributed by atoms with Crippen molar-refractivity contribution < 1.29 is 0 Å². The van der Waals surface area contributed by atoms with E-state index in [1.165, 1.54) is 16.5 Å². The fraction of sp³-hybridized carbons (Fsp3) is 0.167. The lowest BCUT2D eigenvalue weighted by atomic mass is 9.99. The fourth-order valence-electron chi connectivity index (χ4n) is 1.62. The topological polar surface area (TPSA) is 15.8 Å². The molecular weight excluding hydrogens is 158 g/mol. The van der Waals surface area contributed by atoms with Crippen LogP contribution in [0.5, 0.6) is 0 Å². The number of nitrogens with one attached hydrogen (secondary N) is 1. The number of aromatic nitrogens is 1. The van der Waals surface area contributed by atoms with Crippen molar-refractivity contribution in [3.63, 3.8) is 0 Å². The molecule has 1 aromatic heterocycles. The van der Waals surface area contributed by atoms with Crippen LogP contribution in [-0.4, -0.2) is 4.98 Å². The van der Waals surface area contributed by atoms with Gasteiger partial charge in [-0.1, -0.05) is 31.2 Å².